The zero-order valence-corrected chi connectivity index (χ0v) is 21.3. The van der Waals surface area contributed by atoms with Crippen LogP contribution in [0, 0.1) is 0 Å². The highest BCUT2D eigenvalue weighted by molar-refractivity contribution is 5.96. The van der Waals surface area contributed by atoms with Crippen molar-refractivity contribution in [3.8, 4) is 0 Å². The molecule has 2 aromatic carbocycles. The average Bonchev–Trinajstić information content (AvgIpc) is 2.89. The number of amides is 3. The van der Waals surface area contributed by atoms with Crippen molar-refractivity contribution in [1.29, 1.82) is 0 Å². The Balaban J connectivity index is 0.00000101. The molecule has 0 saturated carbocycles. The minimum Gasteiger partial charge on any atom is -0.475 e. The first-order valence-electron chi connectivity index (χ1n) is 11.8. The summed E-state index contributed by atoms with van der Waals surface area (Å²) >= 11 is 0. The van der Waals surface area contributed by atoms with Gasteiger partial charge in [0.05, 0.1) is 0 Å². The Kier molecular flexibility index (Phi) is 14.0. The Morgan fingerprint density at radius 2 is 1.45 bits per heavy atom. The quantitative estimate of drug-likeness (QED) is 0.0957. The number of hydrogen-bond acceptors (Lipinski definition) is 5. The number of alkyl halides is 3. The number of nitrogens with zero attached hydrogens (tertiary/aromatic N) is 1. The van der Waals surface area contributed by atoms with E-state index < -0.39 is 42.0 Å². The lowest BCUT2D eigenvalue weighted by Gasteiger charge is -2.21. The number of nitrogens with one attached hydrogen (secondary N) is 2. The van der Waals surface area contributed by atoms with Crippen LogP contribution in [0.5, 0.6) is 0 Å². The number of carboxylic acids is 1. The predicted octanol–water partition coefficient (Wildman–Crippen LogP) is 1.08. The summed E-state index contributed by atoms with van der Waals surface area (Å²) in [6.45, 7) is 0.297. The molecule has 0 saturated heterocycles. The van der Waals surface area contributed by atoms with Crippen molar-refractivity contribution in [1.82, 2.24) is 10.6 Å². The van der Waals surface area contributed by atoms with Gasteiger partial charge >= 0.3 is 12.1 Å². The van der Waals surface area contributed by atoms with Gasteiger partial charge in [-0.05, 0) is 30.0 Å². The van der Waals surface area contributed by atoms with E-state index in [1.807, 2.05) is 60.7 Å². The number of benzene rings is 2. The third kappa shape index (κ3) is 14.2. The fourth-order valence-corrected chi connectivity index (χ4v) is 3.07. The van der Waals surface area contributed by atoms with Crippen LogP contribution in [0.2, 0.25) is 0 Å². The Hall–Kier alpha value is -4.88. The van der Waals surface area contributed by atoms with Crippen LogP contribution in [-0.2, 0) is 25.6 Å². The first kappa shape index (κ1) is 33.1. The number of guanidine groups is 1. The molecule has 40 heavy (non-hydrogen) atoms. The molecule has 3 amide bonds. The Morgan fingerprint density at radius 1 is 0.900 bits per heavy atom. The zero-order chi connectivity index (χ0) is 30.1. The standard InChI is InChI=1S/C24H30N6O3.C2HF3O2/c25-22(32)20(16-18-10-5-2-6-11-18)30-23(33)19(12-7-15-28-24(26)27)29-21(31)14-13-17-8-3-1-4-9-17;3-2(4,5)1(6)7/h1-6,8-11,13-14,19-20H,7,12,15-16H2,(H2,25,32)(H,29,31)(H,30,33)(H4,26,27,28);(H,6,7)/b14-13+;/t19-,20-;/m0./s1. The van der Waals surface area contributed by atoms with Gasteiger partial charge in [-0.25, -0.2) is 4.79 Å². The van der Waals surface area contributed by atoms with Crippen LogP contribution in [-0.4, -0.2) is 59.6 Å². The number of carbonyl (C=O) groups is 4. The number of primary amides is 1. The molecule has 2 atom stereocenters. The molecular weight excluding hydrogens is 533 g/mol. The van der Waals surface area contributed by atoms with E-state index in [0.29, 0.717) is 13.0 Å². The maximum absolute atomic E-state index is 12.9. The molecule has 0 bridgehead atoms. The molecule has 0 fully saturated rings. The van der Waals surface area contributed by atoms with Gasteiger partial charge in [0.2, 0.25) is 17.7 Å². The molecule has 0 heterocycles. The monoisotopic (exact) mass is 564 g/mol. The van der Waals surface area contributed by atoms with Crippen LogP contribution in [0.1, 0.15) is 24.0 Å². The summed E-state index contributed by atoms with van der Waals surface area (Å²) in [7, 11) is 0. The molecule has 14 heteroatoms. The van der Waals surface area contributed by atoms with E-state index in [4.69, 9.17) is 27.1 Å². The second-order valence-corrected chi connectivity index (χ2v) is 8.21. The van der Waals surface area contributed by atoms with E-state index in [0.717, 1.165) is 11.1 Å². The van der Waals surface area contributed by atoms with Gasteiger partial charge in [0.15, 0.2) is 5.96 Å². The van der Waals surface area contributed by atoms with Crippen LogP contribution >= 0.6 is 0 Å². The van der Waals surface area contributed by atoms with E-state index in [2.05, 4.69) is 15.6 Å². The van der Waals surface area contributed by atoms with E-state index in [1.165, 1.54) is 6.08 Å². The van der Waals surface area contributed by atoms with Gasteiger partial charge in [0.1, 0.15) is 12.1 Å². The lowest BCUT2D eigenvalue weighted by Crippen LogP contribution is -2.53. The Morgan fingerprint density at radius 3 is 1.95 bits per heavy atom. The summed E-state index contributed by atoms with van der Waals surface area (Å²) in [6, 6.07) is 16.7. The maximum atomic E-state index is 12.9. The SMILES string of the molecule is NC(=O)[C@H](Cc1ccccc1)NC(=O)[C@H](CCCN=C(N)N)NC(=O)/C=C/c1ccccc1.O=C(O)C(F)(F)F. The maximum Gasteiger partial charge on any atom is 0.490 e. The first-order chi connectivity index (χ1) is 18.8. The molecule has 0 aliphatic heterocycles. The minimum absolute atomic E-state index is 0.0533. The number of carboxylic acid groups (broad SMARTS) is 1. The smallest absolute Gasteiger partial charge is 0.475 e. The lowest BCUT2D eigenvalue weighted by molar-refractivity contribution is -0.192. The van der Waals surface area contributed by atoms with Crippen molar-refractivity contribution in [2.45, 2.75) is 37.5 Å². The summed E-state index contributed by atoms with van der Waals surface area (Å²) in [5.41, 5.74) is 17.9. The topological polar surface area (TPSA) is 203 Å². The van der Waals surface area contributed by atoms with Gasteiger partial charge in [0.25, 0.3) is 0 Å². The van der Waals surface area contributed by atoms with Gasteiger partial charge in [-0.2, -0.15) is 13.2 Å². The minimum atomic E-state index is -5.08. The van der Waals surface area contributed by atoms with Crippen LogP contribution < -0.4 is 27.8 Å². The van der Waals surface area contributed by atoms with E-state index in [9.17, 15) is 27.6 Å². The fourth-order valence-electron chi connectivity index (χ4n) is 3.07. The van der Waals surface area contributed by atoms with Gasteiger partial charge in [-0.15, -0.1) is 0 Å². The molecule has 11 nitrogen and oxygen atoms in total. The number of carbonyl (C=O) groups excluding carboxylic acids is 3. The normalized spacial score (nSPS) is 12.3. The van der Waals surface area contributed by atoms with Crippen LogP contribution in [0.25, 0.3) is 6.08 Å². The van der Waals surface area contributed by atoms with Crippen molar-refractivity contribution < 1.29 is 37.5 Å². The Labute approximate surface area is 228 Å². The molecule has 2 aromatic rings. The molecule has 0 aliphatic rings. The second-order valence-electron chi connectivity index (χ2n) is 8.21. The van der Waals surface area contributed by atoms with Crippen LogP contribution in [0.15, 0.2) is 71.7 Å². The van der Waals surface area contributed by atoms with E-state index in [1.54, 1.807) is 6.08 Å². The summed E-state index contributed by atoms with van der Waals surface area (Å²) in [4.78, 5) is 50.1. The number of nitrogens with two attached hydrogens (primary N) is 3. The molecule has 0 spiro atoms. The molecule has 2 rings (SSSR count). The Bertz CT molecular complexity index is 1170. The van der Waals surface area contributed by atoms with Crippen molar-refractivity contribution in [2.75, 3.05) is 6.54 Å². The first-order valence-corrected chi connectivity index (χ1v) is 11.8. The van der Waals surface area contributed by atoms with Crippen molar-refractivity contribution >= 4 is 35.7 Å². The predicted molar refractivity (Wildman–Crippen MR) is 142 cm³/mol. The largest absolute Gasteiger partial charge is 0.490 e. The number of aliphatic carboxylic acids is 1. The third-order valence-corrected chi connectivity index (χ3v) is 4.99. The molecule has 9 N–H and O–H groups in total. The number of rotatable bonds is 12. The summed E-state index contributed by atoms with van der Waals surface area (Å²) in [5, 5.41) is 12.5. The van der Waals surface area contributed by atoms with Crippen molar-refractivity contribution in [3.05, 3.63) is 77.9 Å². The van der Waals surface area contributed by atoms with Gasteiger partial charge in [0, 0.05) is 19.0 Å². The molecule has 216 valence electrons. The summed E-state index contributed by atoms with van der Waals surface area (Å²) in [5.74, 6) is -4.43. The highest BCUT2D eigenvalue weighted by atomic mass is 19.4. The molecule has 0 radical (unpaired) electrons. The number of halogens is 3. The lowest BCUT2D eigenvalue weighted by atomic mass is 10.0. The van der Waals surface area contributed by atoms with Gasteiger partial charge in [-0.1, -0.05) is 60.7 Å². The highest BCUT2D eigenvalue weighted by Crippen LogP contribution is 2.13. The van der Waals surface area contributed by atoms with Crippen LogP contribution in [0.4, 0.5) is 13.2 Å². The van der Waals surface area contributed by atoms with E-state index >= 15 is 0 Å². The van der Waals surface area contributed by atoms with E-state index in [-0.39, 0.29) is 18.8 Å². The number of hydrogen-bond donors (Lipinski definition) is 6. The third-order valence-electron chi connectivity index (χ3n) is 4.99. The summed E-state index contributed by atoms with van der Waals surface area (Å²) in [6.07, 6.45) is -1.14. The second kappa shape index (κ2) is 16.9. The van der Waals surface area contributed by atoms with Crippen molar-refractivity contribution in [2.24, 2.45) is 22.2 Å². The number of aliphatic imine (C=N–C) groups is 1. The average molecular weight is 565 g/mol. The molecule has 0 aromatic heterocycles. The van der Waals surface area contributed by atoms with Crippen LogP contribution in [0.3, 0.4) is 0 Å². The zero-order valence-electron chi connectivity index (χ0n) is 21.3. The molecule has 0 unspecified atom stereocenters. The van der Waals surface area contributed by atoms with Gasteiger partial charge in [-0.3, -0.25) is 19.4 Å². The fraction of sp³-hybridized carbons (Fsp3) is 0.269. The van der Waals surface area contributed by atoms with Crippen molar-refractivity contribution in [3.63, 3.8) is 0 Å². The highest BCUT2D eigenvalue weighted by Gasteiger charge is 2.38. The molecule has 0 aliphatic carbocycles. The van der Waals surface area contributed by atoms with Gasteiger partial charge < -0.3 is 32.9 Å². The summed E-state index contributed by atoms with van der Waals surface area (Å²) < 4.78 is 31.7. The molecular formula is C26H31F3N6O5.